The molecule has 1 aromatic carbocycles. The Morgan fingerprint density at radius 1 is 1.42 bits per heavy atom. The average Bonchev–Trinajstić information content (AvgIpc) is 3.18. The predicted octanol–water partition coefficient (Wildman–Crippen LogP) is 3.85. The first-order chi connectivity index (χ1) is 11.5. The van der Waals surface area contributed by atoms with E-state index in [1.165, 1.54) is 12.1 Å². The van der Waals surface area contributed by atoms with Crippen molar-refractivity contribution in [2.45, 2.75) is 39.2 Å². The van der Waals surface area contributed by atoms with E-state index >= 15 is 0 Å². The molecule has 0 fully saturated rings. The van der Waals surface area contributed by atoms with E-state index in [-0.39, 0.29) is 17.8 Å². The van der Waals surface area contributed by atoms with Gasteiger partial charge in [-0.2, -0.15) is 5.10 Å². The molecule has 2 atom stereocenters. The molecule has 0 saturated heterocycles. The van der Waals surface area contributed by atoms with Gasteiger partial charge in [-0.3, -0.25) is 4.79 Å². The van der Waals surface area contributed by atoms with E-state index in [0.29, 0.717) is 12.3 Å². The number of aromatic nitrogens is 2. The smallest absolute Gasteiger partial charge is 0.221 e. The molecule has 0 aliphatic heterocycles. The molecule has 1 heterocycles. The number of hydrogen-bond acceptors (Lipinski definition) is 2. The Labute approximate surface area is 141 Å². The van der Waals surface area contributed by atoms with Gasteiger partial charge in [0.15, 0.2) is 0 Å². The van der Waals surface area contributed by atoms with Gasteiger partial charge in [-0.05, 0) is 56.9 Å². The van der Waals surface area contributed by atoms with Crippen molar-refractivity contribution in [3.8, 4) is 5.69 Å². The normalized spacial score (nSPS) is 17.9. The minimum absolute atomic E-state index is 0.0629. The Morgan fingerprint density at radius 3 is 2.83 bits per heavy atom. The first-order valence-electron chi connectivity index (χ1n) is 8.31. The summed E-state index contributed by atoms with van der Waals surface area (Å²) in [4.78, 5) is 12.2. The van der Waals surface area contributed by atoms with Gasteiger partial charge in [0.1, 0.15) is 5.82 Å². The summed E-state index contributed by atoms with van der Waals surface area (Å²) < 4.78 is 14.8. The molecule has 0 spiro atoms. The van der Waals surface area contributed by atoms with Crippen molar-refractivity contribution in [1.29, 1.82) is 0 Å². The molecule has 1 aromatic heterocycles. The van der Waals surface area contributed by atoms with Crippen molar-refractivity contribution in [3.63, 3.8) is 0 Å². The van der Waals surface area contributed by atoms with Gasteiger partial charge < -0.3 is 5.32 Å². The zero-order chi connectivity index (χ0) is 17.1. The molecule has 1 aliphatic carbocycles. The van der Waals surface area contributed by atoms with E-state index in [1.54, 1.807) is 23.0 Å². The monoisotopic (exact) mass is 327 g/mol. The lowest BCUT2D eigenvalue weighted by molar-refractivity contribution is -0.122. The highest BCUT2D eigenvalue weighted by Crippen LogP contribution is 2.23. The van der Waals surface area contributed by atoms with Gasteiger partial charge in [-0.1, -0.05) is 12.2 Å². The van der Waals surface area contributed by atoms with Gasteiger partial charge >= 0.3 is 0 Å². The second kappa shape index (κ2) is 6.99. The van der Waals surface area contributed by atoms with E-state index in [4.69, 9.17) is 0 Å². The minimum Gasteiger partial charge on any atom is -0.349 e. The van der Waals surface area contributed by atoms with Crippen molar-refractivity contribution in [2.24, 2.45) is 5.92 Å². The van der Waals surface area contributed by atoms with E-state index in [0.717, 1.165) is 29.8 Å². The molecular formula is C19H22FN3O. The number of benzene rings is 1. The van der Waals surface area contributed by atoms with Gasteiger partial charge in [0.25, 0.3) is 0 Å². The lowest BCUT2D eigenvalue weighted by Crippen LogP contribution is -2.28. The molecule has 5 heteroatoms. The van der Waals surface area contributed by atoms with Crippen LogP contribution in [0.2, 0.25) is 0 Å². The topological polar surface area (TPSA) is 46.9 Å². The summed E-state index contributed by atoms with van der Waals surface area (Å²) in [7, 11) is 0. The molecule has 3 rings (SSSR count). The second-order valence-electron chi connectivity index (χ2n) is 6.33. The first kappa shape index (κ1) is 16.4. The molecular weight excluding hydrogens is 305 g/mol. The molecule has 24 heavy (non-hydrogen) atoms. The van der Waals surface area contributed by atoms with Crippen LogP contribution in [0.4, 0.5) is 4.39 Å². The van der Waals surface area contributed by atoms with Crippen LogP contribution in [0.3, 0.4) is 0 Å². The van der Waals surface area contributed by atoms with Crippen LogP contribution in [0.15, 0.2) is 42.6 Å². The summed E-state index contributed by atoms with van der Waals surface area (Å²) in [6, 6.07) is 6.09. The van der Waals surface area contributed by atoms with Crippen LogP contribution in [0.1, 0.15) is 43.5 Å². The van der Waals surface area contributed by atoms with Crippen molar-refractivity contribution < 1.29 is 9.18 Å². The van der Waals surface area contributed by atoms with E-state index in [1.807, 2.05) is 13.8 Å². The van der Waals surface area contributed by atoms with Crippen molar-refractivity contribution in [2.75, 3.05) is 0 Å². The molecule has 0 bridgehead atoms. The van der Waals surface area contributed by atoms with Crippen molar-refractivity contribution in [3.05, 3.63) is 59.7 Å². The summed E-state index contributed by atoms with van der Waals surface area (Å²) >= 11 is 0. The summed E-state index contributed by atoms with van der Waals surface area (Å²) in [5.74, 6) is 0.151. The maximum atomic E-state index is 13.1. The summed E-state index contributed by atoms with van der Waals surface area (Å²) in [6.07, 6.45) is 8.69. The molecule has 0 saturated carbocycles. The van der Waals surface area contributed by atoms with Gasteiger partial charge in [0, 0.05) is 17.7 Å². The maximum Gasteiger partial charge on any atom is 0.221 e. The number of carbonyl (C=O) groups excluding carboxylic acids is 1. The van der Waals surface area contributed by atoms with E-state index < -0.39 is 0 Å². The second-order valence-corrected chi connectivity index (χ2v) is 6.33. The van der Waals surface area contributed by atoms with Crippen molar-refractivity contribution >= 4 is 5.91 Å². The standard InChI is InChI=1S/C19H22FN3O/c1-13(22-19(24)11-15-5-3-4-6-15)18-12-21-23(14(18)2)17-9-7-16(20)8-10-17/h3,5,7-10,12-13,15H,4,6,11H2,1-2H3,(H,22,24)/t13-,15+/m1/s1. The fourth-order valence-electron chi connectivity index (χ4n) is 3.17. The Kier molecular flexibility index (Phi) is 4.79. The van der Waals surface area contributed by atoms with Crippen molar-refractivity contribution in [1.82, 2.24) is 15.1 Å². The number of carbonyl (C=O) groups is 1. The van der Waals surface area contributed by atoms with Crippen LogP contribution in [-0.2, 0) is 4.79 Å². The van der Waals surface area contributed by atoms with Crippen LogP contribution < -0.4 is 5.32 Å². The first-order valence-corrected chi connectivity index (χ1v) is 8.31. The summed E-state index contributed by atoms with van der Waals surface area (Å²) in [6.45, 7) is 3.91. The number of nitrogens with one attached hydrogen (secondary N) is 1. The molecule has 4 nitrogen and oxygen atoms in total. The van der Waals surface area contributed by atoms with Crippen LogP contribution in [0.25, 0.3) is 5.69 Å². The van der Waals surface area contributed by atoms with Crippen LogP contribution in [0, 0.1) is 18.7 Å². The van der Waals surface area contributed by atoms with Gasteiger partial charge in [-0.15, -0.1) is 0 Å². The number of halogens is 1. The molecule has 0 radical (unpaired) electrons. The third-order valence-electron chi connectivity index (χ3n) is 4.52. The van der Waals surface area contributed by atoms with Crippen LogP contribution >= 0.6 is 0 Å². The number of nitrogens with zero attached hydrogens (tertiary/aromatic N) is 2. The van der Waals surface area contributed by atoms with Crippen LogP contribution in [0.5, 0.6) is 0 Å². The van der Waals surface area contributed by atoms with E-state index in [9.17, 15) is 9.18 Å². The zero-order valence-corrected chi connectivity index (χ0v) is 14.0. The fourth-order valence-corrected chi connectivity index (χ4v) is 3.17. The lowest BCUT2D eigenvalue weighted by atomic mass is 10.0. The molecule has 126 valence electrons. The highest BCUT2D eigenvalue weighted by molar-refractivity contribution is 5.77. The third kappa shape index (κ3) is 3.55. The Balaban J connectivity index is 1.69. The van der Waals surface area contributed by atoms with Gasteiger partial charge in [0.05, 0.1) is 17.9 Å². The summed E-state index contributed by atoms with van der Waals surface area (Å²) in [5.41, 5.74) is 2.71. The Bertz CT molecular complexity index is 748. The number of rotatable bonds is 5. The number of allylic oxidation sites excluding steroid dienone is 2. The highest BCUT2D eigenvalue weighted by Gasteiger charge is 2.19. The maximum absolute atomic E-state index is 13.1. The molecule has 1 aliphatic rings. The Hall–Kier alpha value is -2.43. The minimum atomic E-state index is -0.273. The highest BCUT2D eigenvalue weighted by atomic mass is 19.1. The number of hydrogen-bond donors (Lipinski definition) is 1. The average molecular weight is 327 g/mol. The molecule has 1 N–H and O–H groups in total. The predicted molar refractivity (Wildman–Crippen MR) is 91.3 cm³/mol. The zero-order valence-electron chi connectivity index (χ0n) is 14.0. The summed E-state index contributed by atoms with van der Waals surface area (Å²) in [5, 5.41) is 7.43. The molecule has 2 aromatic rings. The largest absolute Gasteiger partial charge is 0.349 e. The SMILES string of the molecule is Cc1c([C@@H](C)NC(=O)C[C@H]2C=CCC2)cnn1-c1ccc(F)cc1. The molecule has 1 amide bonds. The Morgan fingerprint density at radius 2 is 2.17 bits per heavy atom. The fraction of sp³-hybridized carbons (Fsp3) is 0.368. The third-order valence-corrected chi connectivity index (χ3v) is 4.52. The lowest BCUT2D eigenvalue weighted by Gasteiger charge is -2.15. The quantitative estimate of drug-likeness (QED) is 0.848. The van der Waals surface area contributed by atoms with Crippen LogP contribution in [-0.4, -0.2) is 15.7 Å². The van der Waals surface area contributed by atoms with E-state index in [2.05, 4.69) is 22.6 Å². The van der Waals surface area contributed by atoms with Gasteiger partial charge in [-0.25, -0.2) is 9.07 Å². The molecule has 0 unspecified atom stereocenters. The number of amides is 1. The van der Waals surface area contributed by atoms with Gasteiger partial charge in [0.2, 0.25) is 5.91 Å².